The predicted octanol–water partition coefficient (Wildman–Crippen LogP) is 3.34. The highest BCUT2D eigenvalue weighted by atomic mass is 32.1. The number of rotatable bonds is 4. The summed E-state index contributed by atoms with van der Waals surface area (Å²) in [6, 6.07) is 9.13. The van der Waals surface area contributed by atoms with E-state index in [1.165, 1.54) is 16.1 Å². The number of fused-ring (bicyclic) bond motifs is 1. The van der Waals surface area contributed by atoms with Gasteiger partial charge < -0.3 is 10.2 Å². The minimum Gasteiger partial charge on any atom is -0.317 e. The van der Waals surface area contributed by atoms with Crippen LogP contribution in [0.15, 0.2) is 30.5 Å². The normalized spacial score (nSPS) is 14.2. The van der Waals surface area contributed by atoms with Gasteiger partial charge in [-0.15, -0.1) is 11.3 Å². The summed E-state index contributed by atoms with van der Waals surface area (Å²) in [6.45, 7) is 6.28. The van der Waals surface area contributed by atoms with Crippen LogP contribution in [-0.4, -0.2) is 17.6 Å². The number of benzene rings is 1. The van der Waals surface area contributed by atoms with Crippen molar-refractivity contribution < 1.29 is 0 Å². The van der Waals surface area contributed by atoms with E-state index >= 15 is 0 Å². The van der Waals surface area contributed by atoms with Gasteiger partial charge in [0.15, 0.2) is 5.13 Å². The fraction of sp³-hybridized carbons (Fsp3) is 0.400. The molecule has 0 bridgehead atoms. The third-order valence-corrected chi connectivity index (χ3v) is 4.36. The Morgan fingerprint density at radius 2 is 2.21 bits per heavy atom. The number of aromatic nitrogens is 1. The van der Waals surface area contributed by atoms with Gasteiger partial charge in [0.05, 0.1) is 0 Å². The van der Waals surface area contributed by atoms with Gasteiger partial charge >= 0.3 is 0 Å². The maximum Gasteiger partial charge on any atom is 0.190 e. The number of nitrogens with one attached hydrogen (secondary N) is 1. The number of hydrogen-bond acceptors (Lipinski definition) is 4. The first kappa shape index (κ1) is 12.6. The van der Waals surface area contributed by atoms with Crippen LogP contribution in [0.25, 0.3) is 0 Å². The van der Waals surface area contributed by atoms with Crippen molar-refractivity contribution in [2.24, 2.45) is 0 Å². The van der Waals surface area contributed by atoms with Crippen molar-refractivity contribution in [1.29, 1.82) is 0 Å². The van der Waals surface area contributed by atoms with Crippen molar-refractivity contribution in [2.45, 2.75) is 32.9 Å². The van der Waals surface area contributed by atoms with Crippen LogP contribution < -0.4 is 10.2 Å². The summed E-state index contributed by atoms with van der Waals surface area (Å²) in [5.41, 5.74) is 2.75. The smallest absolute Gasteiger partial charge is 0.190 e. The minimum absolute atomic E-state index is 0.512. The SMILES string of the molecule is CC(C)NCc1cnc(N2CCc3ccccc32)s1. The summed E-state index contributed by atoms with van der Waals surface area (Å²) < 4.78 is 0. The van der Waals surface area contributed by atoms with Crippen LogP contribution >= 0.6 is 11.3 Å². The van der Waals surface area contributed by atoms with Crippen LogP contribution in [0.3, 0.4) is 0 Å². The maximum absolute atomic E-state index is 4.58. The van der Waals surface area contributed by atoms with Gasteiger partial charge in [0, 0.05) is 35.9 Å². The van der Waals surface area contributed by atoms with Crippen molar-refractivity contribution in [2.75, 3.05) is 11.4 Å². The molecule has 0 radical (unpaired) electrons. The molecular formula is C15H19N3S. The van der Waals surface area contributed by atoms with E-state index in [-0.39, 0.29) is 0 Å². The van der Waals surface area contributed by atoms with E-state index in [2.05, 4.69) is 53.3 Å². The van der Waals surface area contributed by atoms with Crippen LogP contribution in [0.2, 0.25) is 0 Å². The Balaban J connectivity index is 1.77. The van der Waals surface area contributed by atoms with Gasteiger partial charge in [-0.2, -0.15) is 0 Å². The van der Waals surface area contributed by atoms with E-state index in [4.69, 9.17) is 0 Å². The molecule has 1 aliphatic rings. The molecule has 0 saturated carbocycles. The molecule has 0 aliphatic carbocycles. The van der Waals surface area contributed by atoms with Crippen molar-refractivity contribution in [3.63, 3.8) is 0 Å². The molecule has 0 unspecified atom stereocenters. The molecule has 1 N–H and O–H groups in total. The third kappa shape index (κ3) is 2.65. The average Bonchev–Trinajstić information content (AvgIpc) is 3.02. The van der Waals surface area contributed by atoms with Crippen LogP contribution in [0, 0.1) is 0 Å². The maximum atomic E-state index is 4.58. The van der Waals surface area contributed by atoms with Crippen molar-refractivity contribution in [1.82, 2.24) is 10.3 Å². The molecule has 1 aliphatic heterocycles. The molecule has 2 heterocycles. The highest BCUT2D eigenvalue weighted by Crippen LogP contribution is 2.36. The Hall–Kier alpha value is -1.39. The Labute approximate surface area is 118 Å². The van der Waals surface area contributed by atoms with Gasteiger partial charge in [0.2, 0.25) is 0 Å². The van der Waals surface area contributed by atoms with E-state index in [0.29, 0.717) is 6.04 Å². The van der Waals surface area contributed by atoms with E-state index in [1.807, 2.05) is 6.20 Å². The fourth-order valence-electron chi connectivity index (χ4n) is 2.35. The zero-order valence-electron chi connectivity index (χ0n) is 11.4. The molecular weight excluding hydrogens is 254 g/mol. The number of anilines is 2. The number of thiazole rings is 1. The lowest BCUT2D eigenvalue weighted by atomic mass is 10.2. The van der Waals surface area contributed by atoms with E-state index < -0.39 is 0 Å². The Morgan fingerprint density at radius 3 is 3.05 bits per heavy atom. The first-order chi connectivity index (χ1) is 9.24. The standard InChI is InChI=1S/C15H19N3S/c1-11(2)16-9-13-10-17-15(19-13)18-8-7-12-5-3-4-6-14(12)18/h3-6,10-11,16H,7-9H2,1-2H3. The summed E-state index contributed by atoms with van der Waals surface area (Å²) in [5, 5.41) is 4.55. The zero-order valence-corrected chi connectivity index (χ0v) is 12.2. The van der Waals surface area contributed by atoms with Gasteiger partial charge in [-0.25, -0.2) is 4.98 Å². The fourth-order valence-corrected chi connectivity index (χ4v) is 3.25. The van der Waals surface area contributed by atoms with Crippen LogP contribution in [0.4, 0.5) is 10.8 Å². The van der Waals surface area contributed by atoms with Gasteiger partial charge in [0.25, 0.3) is 0 Å². The molecule has 0 spiro atoms. The summed E-state index contributed by atoms with van der Waals surface area (Å²) >= 11 is 1.79. The Morgan fingerprint density at radius 1 is 1.37 bits per heavy atom. The second kappa shape index (κ2) is 5.31. The van der Waals surface area contributed by atoms with Gasteiger partial charge in [-0.1, -0.05) is 32.0 Å². The molecule has 1 aromatic heterocycles. The number of para-hydroxylation sites is 1. The lowest BCUT2D eigenvalue weighted by molar-refractivity contribution is 0.593. The average molecular weight is 273 g/mol. The van der Waals surface area contributed by atoms with Crippen molar-refractivity contribution >= 4 is 22.2 Å². The van der Waals surface area contributed by atoms with Gasteiger partial charge in [-0.3, -0.25) is 0 Å². The molecule has 1 aromatic carbocycles. The Kier molecular flexibility index (Phi) is 3.53. The molecule has 3 nitrogen and oxygen atoms in total. The monoisotopic (exact) mass is 273 g/mol. The largest absolute Gasteiger partial charge is 0.317 e. The van der Waals surface area contributed by atoms with E-state index in [0.717, 1.165) is 24.6 Å². The topological polar surface area (TPSA) is 28.2 Å². The summed E-state index contributed by atoms with van der Waals surface area (Å²) in [6.07, 6.45) is 3.12. The second-order valence-electron chi connectivity index (χ2n) is 5.18. The summed E-state index contributed by atoms with van der Waals surface area (Å²) in [7, 11) is 0. The van der Waals surface area contributed by atoms with E-state index in [1.54, 1.807) is 11.3 Å². The molecule has 3 rings (SSSR count). The van der Waals surface area contributed by atoms with Gasteiger partial charge in [-0.05, 0) is 18.1 Å². The predicted molar refractivity (Wildman–Crippen MR) is 81.2 cm³/mol. The highest BCUT2D eigenvalue weighted by Gasteiger charge is 2.21. The van der Waals surface area contributed by atoms with Crippen LogP contribution in [-0.2, 0) is 13.0 Å². The summed E-state index contributed by atoms with van der Waals surface area (Å²) in [5.74, 6) is 0. The molecule has 0 atom stereocenters. The van der Waals surface area contributed by atoms with Crippen molar-refractivity contribution in [3.05, 3.63) is 40.9 Å². The lowest BCUT2D eigenvalue weighted by Gasteiger charge is -2.15. The Bertz CT molecular complexity index is 562. The van der Waals surface area contributed by atoms with E-state index in [9.17, 15) is 0 Å². The molecule has 19 heavy (non-hydrogen) atoms. The number of hydrogen-bond donors (Lipinski definition) is 1. The van der Waals surface area contributed by atoms with Crippen LogP contribution in [0.5, 0.6) is 0 Å². The second-order valence-corrected chi connectivity index (χ2v) is 6.27. The molecule has 100 valence electrons. The quantitative estimate of drug-likeness (QED) is 0.926. The minimum atomic E-state index is 0.512. The zero-order chi connectivity index (χ0) is 13.2. The molecule has 2 aromatic rings. The first-order valence-corrected chi connectivity index (χ1v) is 7.59. The molecule has 0 fully saturated rings. The lowest BCUT2D eigenvalue weighted by Crippen LogP contribution is -2.21. The van der Waals surface area contributed by atoms with Crippen molar-refractivity contribution in [3.8, 4) is 0 Å². The summed E-state index contributed by atoms with van der Waals surface area (Å²) in [4.78, 5) is 8.21. The van der Waals surface area contributed by atoms with Crippen LogP contribution in [0.1, 0.15) is 24.3 Å². The molecule has 0 amide bonds. The molecule has 4 heteroatoms. The first-order valence-electron chi connectivity index (χ1n) is 6.77. The highest BCUT2D eigenvalue weighted by molar-refractivity contribution is 7.15. The third-order valence-electron chi connectivity index (χ3n) is 3.34. The number of nitrogens with zero attached hydrogens (tertiary/aromatic N) is 2. The molecule has 0 saturated heterocycles. The van der Waals surface area contributed by atoms with Gasteiger partial charge in [0.1, 0.15) is 0 Å².